The fraction of sp³-hybridized carbons (Fsp3) is 0.0667. The average Bonchev–Trinajstić information content (AvgIpc) is 2.47. The monoisotopic (exact) mass is 322 g/mol. The van der Waals surface area contributed by atoms with Crippen molar-refractivity contribution in [3.63, 3.8) is 0 Å². The Balaban J connectivity index is 2.02. The van der Waals surface area contributed by atoms with Gasteiger partial charge in [-0.15, -0.1) is 0 Å². The lowest BCUT2D eigenvalue weighted by Gasteiger charge is -2.09. The van der Waals surface area contributed by atoms with Crippen LogP contribution in [0.3, 0.4) is 0 Å². The van der Waals surface area contributed by atoms with Crippen LogP contribution in [-0.4, -0.2) is 11.8 Å². The van der Waals surface area contributed by atoms with E-state index >= 15 is 0 Å². The van der Waals surface area contributed by atoms with Gasteiger partial charge in [-0.05, 0) is 36.8 Å². The molecule has 0 heterocycles. The van der Waals surface area contributed by atoms with E-state index in [9.17, 15) is 9.59 Å². The number of halogens is 2. The molecule has 4 nitrogen and oxygen atoms in total. The number of carbonyl (C=O) groups is 2. The molecule has 0 aliphatic heterocycles. The standard InChI is InChI=1S/C15H12Cl2N2O2/c1-9-4-2-3-5-11(9)15(21)19-18-14(20)10-6-7-12(16)13(17)8-10/h2-8H,1H3,(H,18,20)(H,19,21). The summed E-state index contributed by atoms with van der Waals surface area (Å²) in [4.78, 5) is 23.9. The molecule has 0 bridgehead atoms. The van der Waals surface area contributed by atoms with Gasteiger partial charge >= 0.3 is 0 Å². The molecule has 0 saturated carbocycles. The van der Waals surface area contributed by atoms with Gasteiger partial charge in [-0.2, -0.15) is 0 Å². The number of amides is 2. The number of benzene rings is 2. The van der Waals surface area contributed by atoms with Crippen LogP contribution >= 0.6 is 23.2 Å². The molecule has 0 saturated heterocycles. The van der Waals surface area contributed by atoms with Crippen LogP contribution in [0.2, 0.25) is 10.0 Å². The molecule has 0 spiro atoms. The minimum atomic E-state index is -0.476. The number of nitrogens with one attached hydrogen (secondary N) is 2. The molecule has 2 N–H and O–H groups in total. The first-order valence-electron chi connectivity index (χ1n) is 6.10. The van der Waals surface area contributed by atoms with Crippen molar-refractivity contribution in [1.82, 2.24) is 10.9 Å². The molecule has 0 aliphatic carbocycles. The summed E-state index contributed by atoms with van der Waals surface area (Å²) in [5, 5.41) is 0.631. The summed E-state index contributed by atoms with van der Waals surface area (Å²) in [6, 6.07) is 11.5. The highest BCUT2D eigenvalue weighted by molar-refractivity contribution is 6.42. The maximum absolute atomic E-state index is 11.9. The summed E-state index contributed by atoms with van der Waals surface area (Å²) in [6.07, 6.45) is 0. The minimum Gasteiger partial charge on any atom is -0.267 e. The zero-order valence-electron chi connectivity index (χ0n) is 11.1. The summed E-state index contributed by atoms with van der Waals surface area (Å²) < 4.78 is 0. The fourth-order valence-electron chi connectivity index (χ4n) is 1.72. The zero-order valence-corrected chi connectivity index (χ0v) is 12.6. The van der Waals surface area contributed by atoms with E-state index in [1.165, 1.54) is 18.2 Å². The van der Waals surface area contributed by atoms with Crippen molar-refractivity contribution in [3.8, 4) is 0 Å². The molecule has 0 unspecified atom stereocenters. The Morgan fingerprint density at radius 1 is 0.905 bits per heavy atom. The molecule has 0 radical (unpaired) electrons. The Kier molecular flexibility index (Phi) is 4.83. The van der Waals surface area contributed by atoms with Crippen molar-refractivity contribution >= 4 is 35.0 Å². The highest BCUT2D eigenvalue weighted by Crippen LogP contribution is 2.22. The van der Waals surface area contributed by atoms with E-state index in [0.717, 1.165) is 5.56 Å². The van der Waals surface area contributed by atoms with Gasteiger partial charge in [0.15, 0.2) is 0 Å². The van der Waals surface area contributed by atoms with E-state index in [4.69, 9.17) is 23.2 Å². The van der Waals surface area contributed by atoms with Crippen molar-refractivity contribution in [2.24, 2.45) is 0 Å². The molecule has 2 rings (SSSR count). The number of carbonyl (C=O) groups excluding carboxylic acids is 2. The van der Waals surface area contributed by atoms with Crippen molar-refractivity contribution in [3.05, 3.63) is 69.2 Å². The summed E-state index contributed by atoms with van der Waals surface area (Å²) in [5.74, 6) is -0.864. The molecule has 0 aromatic heterocycles. The van der Waals surface area contributed by atoms with Crippen LogP contribution in [0.4, 0.5) is 0 Å². The van der Waals surface area contributed by atoms with Gasteiger partial charge in [0.2, 0.25) is 0 Å². The van der Waals surface area contributed by atoms with Crippen molar-refractivity contribution in [2.45, 2.75) is 6.92 Å². The summed E-state index contributed by atoms with van der Waals surface area (Å²) in [5.41, 5.74) is 6.30. The van der Waals surface area contributed by atoms with Crippen LogP contribution in [0.5, 0.6) is 0 Å². The molecule has 2 aromatic carbocycles. The Bertz CT molecular complexity index is 702. The Labute approximate surface area is 132 Å². The van der Waals surface area contributed by atoms with Gasteiger partial charge in [-0.1, -0.05) is 41.4 Å². The number of hydrazine groups is 1. The maximum atomic E-state index is 11.9. The Morgan fingerprint density at radius 3 is 2.24 bits per heavy atom. The SMILES string of the molecule is Cc1ccccc1C(=O)NNC(=O)c1ccc(Cl)c(Cl)c1. The van der Waals surface area contributed by atoms with Gasteiger partial charge in [-0.25, -0.2) is 0 Å². The van der Waals surface area contributed by atoms with Gasteiger partial charge < -0.3 is 0 Å². The summed E-state index contributed by atoms with van der Waals surface area (Å²) in [6.45, 7) is 1.82. The largest absolute Gasteiger partial charge is 0.269 e. The lowest BCUT2D eigenvalue weighted by atomic mass is 10.1. The molecule has 0 atom stereocenters. The predicted octanol–water partition coefficient (Wildman–Crippen LogP) is 3.38. The second-order valence-corrected chi connectivity index (χ2v) is 5.17. The van der Waals surface area contributed by atoms with Crippen molar-refractivity contribution in [2.75, 3.05) is 0 Å². The fourth-order valence-corrected chi connectivity index (χ4v) is 2.02. The molecule has 2 aromatic rings. The topological polar surface area (TPSA) is 58.2 Å². The zero-order chi connectivity index (χ0) is 15.4. The third kappa shape index (κ3) is 3.74. The number of hydrogen-bond acceptors (Lipinski definition) is 2. The van der Waals surface area contributed by atoms with Crippen LogP contribution in [0.15, 0.2) is 42.5 Å². The first-order chi connectivity index (χ1) is 9.99. The number of rotatable bonds is 2. The summed E-state index contributed by atoms with van der Waals surface area (Å²) >= 11 is 11.6. The van der Waals surface area contributed by atoms with Crippen molar-refractivity contribution < 1.29 is 9.59 Å². The maximum Gasteiger partial charge on any atom is 0.269 e. The Hall–Kier alpha value is -2.04. The van der Waals surface area contributed by atoms with E-state index in [0.29, 0.717) is 16.1 Å². The first-order valence-corrected chi connectivity index (χ1v) is 6.86. The lowest BCUT2D eigenvalue weighted by molar-refractivity contribution is 0.0846. The molecule has 0 aliphatic rings. The average molecular weight is 323 g/mol. The van der Waals surface area contributed by atoms with Gasteiger partial charge in [0.25, 0.3) is 11.8 Å². The van der Waals surface area contributed by atoms with E-state index < -0.39 is 5.91 Å². The predicted molar refractivity (Wildman–Crippen MR) is 82.6 cm³/mol. The van der Waals surface area contributed by atoms with Crippen LogP contribution in [0, 0.1) is 6.92 Å². The van der Waals surface area contributed by atoms with Gasteiger partial charge in [-0.3, -0.25) is 20.4 Å². The van der Waals surface area contributed by atoms with Crippen LogP contribution in [0.25, 0.3) is 0 Å². The van der Waals surface area contributed by atoms with E-state index in [1.54, 1.807) is 12.1 Å². The third-order valence-electron chi connectivity index (χ3n) is 2.86. The smallest absolute Gasteiger partial charge is 0.267 e. The van der Waals surface area contributed by atoms with Crippen LogP contribution in [0.1, 0.15) is 26.3 Å². The van der Waals surface area contributed by atoms with Gasteiger partial charge in [0.05, 0.1) is 10.0 Å². The van der Waals surface area contributed by atoms with Gasteiger partial charge in [0.1, 0.15) is 0 Å². The van der Waals surface area contributed by atoms with Gasteiger partial charge in [0, 0.05) is 11.1 Å². The molecule has 108 valence electrons. The highest BCUT2D eigenvalue weighted by atomic mass is 35.5. The van der Waals surface area contributed by atoms with E-state index in [1.807, 2.05) is 19.1 Å². The van der Waals surface area contributed by atoms with Crippen LogP contribution < -0.4 is 10.9 Å². The summed E-state index contributed by atoms with van der Waals surface area (Å²) in [7, 11) is 0. The quantitative estimate of drug-likeness (QED) is 0.833. The first kappa shape index (κ1) is 15.4. The van der Waals surface area contributed by atoms with Crippen molar-refractivity contribution in [1.29, 1.82) is 0 Å². The highest BCUT2D eigenvalue weighted by Gasteiger charge is 2.11. The molecule has 0 fully saturated rings. The third-order valence-corrected chi connectivity index (χ3v) is 3.60. The Morgan fingerprint density at radius 2 is 1.57 bits per heavy atom. The van der Waals surface area contributed by atoms with E-state index in [-0.39, 0.29) is 10.9 Å². The normalized spacial score (nSPS) is 10.0. The minimum absolute atomic E-state index is 0.273. The second kappa shape index (κ2) is 6.61. The van der Waals surface area contributed by atoms with Crippen LogP contribution in [-0.2, 0) is 0 Å². The molecular weight excluding hydrogens is 311 g/mol. The molecular formula is C15H12Cl2N2O2. The second-order valence-electron chi connectivity index (χ2n) is 4.35. The molecule has 6 heteroatoms. The number of hydrogen-bond donors (Lipinski definition) is 2. The number of aryl methyl sites for hydroxylation is 1. The molecule has 21 heavy (non-hydrogen) atoms. The lowest BCUT2D eigenvalue weighted by Crippen LogP contribution is -2.41. The van der Waals surface area contributed by atoms with E-state index in [2.05, 4.69) is 10.9 Å². The molecule has 2 amide bonds.